The Morgan fingerprint density at radius 1 is 1.15 bits per heavy atom. The lowest BCUT2D eigenvalue weighted by Gasteiger charge is -2.20. The van der Waals surface area contributed by atoms with Crippen LogP contribution in [0.15, 0.2) is 53.7 Å². The van der Waals surface area contributed by atoms with E-state index in [0.29, 0.717) is 21.4 Å². The largest absolute Gasteiger partial charge is 0.462 e. The predicted octanol–water partition coefficient (Wildman–Crippen LogP) is 4.45. The molecule has 0 saturated heterocycles. The van der Waals surface area contributed by atoms with Gasteiger partial charge in [0.1, 0.15) is 0 Å². The zero-order valence-corrected chi connectivity index (χ0v) is 20.5. The number of hydrogen-bond acceptors (Lipinski definition) is 7. The van der Waals surface area contributed by atoms with Gasteiger partial charge in [-0.05, 0) is 64.3 Å². The Bertz CT molecular complexity index is 1120. The first kappa shape index (κ1) is 24.8. The number of carbonyl (C=O) groups is 2. The van der Waals surface area contributed by atoms with E-state index >= 15 is 0 Å². The fourth-order valence-electron chi connectivity index (χ4n) is 3.00. The van der Waals surface area contributed by atoms with E-state index in [0.717, 1.165) is 11.5 Å². The second-order valence-electron chi connectivity index (χ2n) is 7.40. The van der Waals surface area contributed by atoms with Gasteiger partial charge in [-0.3, -0.25) is 14.3 Å². The number of para-hydroxylation sites is 1. The molecular weight excluding hydrogens is 462 g/mol. The number of aromatic nitrogens is 3. The van der Waals surface area contributed by atoms with Crippen molar-refractivity contribution in [3.8, 4) is 5.69 Å². The lowest BCUT2D eigenvalue weighted by atomic mass is 10.2. The summed E-state index contributed by atoms with van der Waals surface area (Å²) in [5.41, 5.74) is 1.57. The Morgan fingerprint density at radius 3 is 2.52 bits per heavy atom. The third-order valence-electron chi connectivity index (χ3n) is 4.92. The molecule has 1 N–H and O–H groups in total. The molecule has 10 heteroatoms. The summed E-state index contributed by atoms with van der Waals surface area (Å²) < 4.78 is 6.99. The molecule has 0 fully saturated rings. The van der Waals surface area contributed by atoms with Gasteiger partial charge < -0.3 is 10.1 Å². The number of anilines is 1. The number of carbonyl (C=O) groups excluding carboxylic acids is 2. The average molecular weight is 488 g/mol. The van der Waals surface area contributed by atoms with Gasteiger partial charge in [0.2, 0.25) is 5.91 Å². The zero-order valence-electron chi connectivity index (χ0n) is 18.9. The first-order valence-corrected chi connectivity index (χ1v) is 11.7. The van der Waals surface area contributed by atoms with Gasteiger partial charge in [-0.2, -0.15) is 0 Å². The van der Waals surface area contributed by atoms with E-state index in [2.05, 4.69) is 15.5 Å². The van der Waals surface area contributed by atoms with Gasteiger partial charge in [0, 0.05) is 10.7 Å². The molecule has 1 heterocycles. The van der Waals surface area contributed by atoms with Crippen molar-refractivity contribution in [2.75, 3.05) is 31.8 Å². The topological polar surface area (TPSA) is 89.3 Å². The van der Waals surface area contributed by atoms with Gasteiger partial charge in [0.15, 0.2) is 11.0 Å². The van der Waals surface area contributed by atoms with Crippen molar-refractivity contribution in [1.29, 1.82) is 0 Å². The number of rotatable bonds is 9. The van der Waals surface area contributed by atoms with Crippen molar-refractivity contribution >= 4 is 40.9 Å². The molecule has 0 spiro atoms. The third kappa shape index (κ3) is 6.13. The molecule has 2 aromatic carbocycles. The van der Waals surface area contributed by atoms with Crippen LogP contribution >= 0.6 is 23.4 Å². The molecule has 33 heavy (non-hydrogen) atoms. The Kier molecular flexibility index (Phi) is 8.49. The first-order chi connectivity index (χ1) is 15.8. The van der Waals surface area contributed by atoms with Crippen molar-refractivity contribution in [1.82, 2.24) is 19.7 Å². The fraction of sp³-hybridized carbons (Fsp3) is 0.304. The minimum atomic E-state index is -0.481. The molecule has 0 aliphatic carbocycles. The van der Waals surface area contributed by atoms with Crippen LogP contribution in [0.4, 0.5) is 5.69 Å². The van der Waals surface area contributed by atoms with Gasteiger partial charge in [-0.25, -0.2) is 4.79 Å². The molecule has 0 radical (unpaired) electrons. The van der Waals surface area contributed by atoms with Crippen molar-refractivity contribution in [3.63, 3.8) is 0 Å². The minimum absolute atomic E-state index is 0.00666. The normalized spacial score (nSPS) is 11.9. The number of amides is 1. The van der Waals surface area contributed by atoms with E-state index in [4.69, 9.17) is 16.3 Å². The first-order valence-electron chi connectivity index (χ1n) is 10.4. The summed E-state index contributed by atoms with van der Waals surface area (Å²) in [7, 11) is 3.93. The summed E-state index contributed by atoms with van der Waals surface area (Å²) in [6, 6.07) is 14.1. The number of esters is 1. The number of thioether (sulfide) groups is 1. The summed E-state index contributed by atoms with van der Waals surface area (Å²) in [6.07, 6.45) is 0. The molecule has 8 nitrogen and oxygen atoms in total. The standard InChI is InChI=1S/C23H26ClN5O3S/c1-5-32-22(31)18-8-6-7-9-19(18)25-20(30)14-33-23-27-26-21(15(2)28(3)4)29(23)17-12-10-16(24)11-13-17/h6-13,15H,5,14H2,1-4H3,(H,25,30). The maximum absolute atomic E-state index is 12.7. The smallest absolute Gasteiger partial charge is 0.340 e. The number of nitrogens with one attached hydrogen (secondary N) is 1. The van der Waals surface area contributed by atoms with Crippen LogP contribution in [-0.4, -0.2) is 58.0 Å². The highest BCUT2D eigenvalue weighted by Gasteiger charge is 2.22. The van der Waals surface area contributed by atoms with Crippen LogP contribution in [0.2, 0.25) is 5.02 Å². The van der Waals surface area contributed by atoms with Gasteiger partial charge in [-0.15, -0.1) is 10.2 Å². The third-order valence-corrected chi connectivity index (χ3v) is 6.10. The second kappa shape index (κ2) is 11.3. The van der Waals surface area contributed by atoms with Crippen molar-refractivity contribution in [3.05, 3.63) is 64.9 Å². The van der Waals surface area contributed by atoms with Crippen molar-refractivity contribution in [2.45, 2.75) is 25.0 Å². The molecule has 3 rings (SSSR count). The number of nitrogens with zero attached hydrogens (tertiary/aromatic N) is 4. The lowest BCUT2D eigenvalue weighted by molar-refractivity contribution is -0.113. The molecule has 3 aromatic rings. The second-order valence-corrected chi connectivity index (χ2v) is 8.77. The minimum Gasteiger partial charge on any atom is -0.462 e. The highest BCUT2D eigenvalue weighted by molar-refractivity contribution is 7.99. The van der Waals surface area contributed by atoms with Crippen molar-refractivity contribution < 1.29 is 14.3 Å². The van der Waals surface area contributed by atoms with E-state index in [1.54, 1.807) is 43.3 Å². The summed E-state index contributed by atoms with van der Waals surface area (Å²) in [5.74, 6) is 0.0764. The molecule has 0 aliphatic heterocycles. The Hall–Kier alpha value is -2.88. The van der Waals surface area contributed by atoms with E-state index in [9.17, 15) is 9.59 Å². The molecule has 0 bridgehead atoms. The van der Waals surface area contributed by atoms with Gasteiger partial charge in [-0.1, -0.05) is 35.5 Å². The molecule has 0 saturated carbocycles. The molecule has 0 aliphatic rings. The Morgan fingerprint density at radius 2 is 1.85 bits per heavy atom. The van der Waals surface area contributed by atoms with Crippen LogP contribution in [0.3, 0.4) is 0 Å². The Balaban J connectivity index is 1.80. The molecule has 1 amide bonds. The number of hydrogen-bond donors (Lipinski definition) is 1. The van der Waals surface area contributed by atoms with Crippen LogP contribution in [0.25, 0.3) is 5.69 Å². The highest BCUT2D eigenvalue weighted by atomic mass is 35.5. The van der Waals surface area contributed by atoms with Crippen LogP contribution in [0.5, 0.6) is 0 Å². The average Bonchev–Trinajstić information content (AvgIpc) is 3.22. The monoisotopic (exact) mass is 487 g/mol. The van der Waals surface area contributed by atoms with Crippen LogP contribution in [0.1, 0.15) is 36.1 Å². The summed E-state index contributed by atoms with van der Waals surface area (Å²) in [5, 5.41) is 12.7. The number of halogens is 1. The summed E-state index contributed by atoms with van der Waals surface area (Å²) >= 11 is 7.32. The van der Waals surface area contributed by atoms with Crippen LogP contribution in [-0.2, 0) is 9.53 Å². The maximum Gasteiger partial charge on any atom is 0.340 e. The molecular formula is C23H26ClN5O3S. The van der Waals surface area contributed by atoms with E-state index < -0.39 is 5.97 Å². The SMILES string of the molecule is CCOC(=O)c1ccccc1NC(=O)CSc1nnc(C(C)N(C)C)n1-c1ccc(Cl)cc1. The van der Waals surface area contributed by atoms with Crippen molar-refractivity contribution in [2.24, 2.45) is 0 Å². The molecule has 1 atom stereocenters. The quantitative estimate of drug-likeness (QED) is 0.352. The molecule has 174 valence electrons. The van der Waals surface area contributed by atoms with Gasteiger partial charge >= 0.3 is 5.97 Å². The van der Waals surface area contributed by atoms with Gasteiger partial charge in [0.05, 0.1) is 29.7 Å². The fourth-order valence-corrected chi connectivity index (χ4v) is 3.89. The highest BCUT2D eigenvalue weighted by Crippen LogP contribution is 2.28. The van der Waals surface area contributed by atoms with E-state index in [1.807, 2.05) is 42.6 Å². The van der Waals surface area contributed by atoms with Crippen LogP contribution in [0, 0.1) is 0 Å². The van der Waals surface area contributed by atoms with E-state index in [-0.39, 0.29) is 24.3 Å². The lowest BCUT2D eigenvalue weighted by Crippen LogP contribution is -2.21. The van der Waals surface area contributed by atoms with E-state index in [1.165, 1.54) is 11.8 Å². The Labute approximate surface area is 202 Å². The molecule has 1 unspecified atom stereocenters. The molecule has 1 aromatic heterocycles. The number of ether oxygens (including phenoxy) is 1. The maximum atomic E-state index is 12.7. The predicted molar refractivity (Wildman–Crippen MR) is 130 cm³/mol. The van der Waals surface area contributed by atoms with Gasteiger partial charge in [0.25, 0.3) is 0 Å². The number of benzene rings is 2. The zero-order chi connectivity index (χ0) is 24.0. The summed E-state index contributed by atoms with van der Waals surface area (Å²) in [6.45, 7) is 4.02. The summed E-state index contributed by atoms with van der Waals surface area (Å²) in [4.78, 5) is 26.9. The van der Waals surface area contributed by atoms with Crippen LogP contribution < -0.4 is 5.32 Å².